The van der Waals surface area contributed by atoms with Gasteiger partial charge in [-0.05, 0) is 54.5 Å². The second-order valence-corrected chi connectivity index (χ2v) is 11.1. The molecule has 6 rings (SSSR count). The zero-order valence-electron chi connectivity index (χ0n) is 27.6. The summed E-state index contributed by atoms with van der Waals surface area (Å²) in [5, 5.41) is 5.49. The van der Waals surface area contributed by atoms with Crippen molar-refractivity contribution in [2.45, 2.75) is 54.4 Å². The van der Waals surface area contributed by atoms with Gasteiger partial charge >= 0.3 is 30.2 Å². The van der Waals surface area contributed by atoms with Crippen LogP contribution >= 0.6 is 24.8 Å². The summed E-state index contributed by atoms with van der Waals surface area (Å²) in [6.45, 7) is 18.6. The zero-order valence-corrected chi connectivity index (χ0v) is 32.7. The Morgan fingerprint density at radius 1 is 0.591 bits per heavy atom. The summed E-state index contributed by atoms with van der Waals surface area (Å²) in [6.07, 6.45) is 0. The Hall–Kier alpha value is -2.22. The zero-order chi connectivity index (χ0) is 29.0. The van der Waals surface area contributed by atoms with Gasteiger partial charge in [-0.1, -0.05) is 93.4 Å². The molecule has 0 saturated heterocycles. The number of hydrogen-bond donors (Lipinski definition) is 0. The first-order valence-electron chi connectivity index (χ1n) is 14.0. The van der Waals surface area contributed by atoms with E-state index in [1.54, 1.807) is 0 Å². The van der Waals surface area contributed by atoms with Crippen molar-refractivity contribution in [2.24, 2.45) is 0 Å². The molecule has 6 aromatic rings. The number of halogens is 2. The second kappa shape index (κ2) is 18.7. The number of aryl methyl sites for hydroxylation is 3. The van der Waals surface area contributed by atoms with Gasteiger partial charge in [0.15, 0.2) is 0 Å². The molecule has 0 aliphatic heterocycles. The molecule has 0 bridgehead atoms. The molecule has 0 heterocycles. The standard InChI is InChI=1S/C20H21.C18H17.2CH3.2ClH.Si.Zr/c1-12-10-19-14(3)7-9-18(20(19)11-12)17-8-6-13(2)15(4)16(17)5;1-13(2)16-11-15-9-6-10-17(18(15)12-16)14-7-4-3-5-8-14;;;;;;/h6-11H,1-5H3;3-13H,1-2H3;2*1H3;2*1H;;/q4*-1;;;;. The predicted octanol–water partition coefficient (Wildman–Crippen LogP) is 12.5. The maximum atomic E-state index is 3.06. The van der Waals surface area contributed by atoms with Gasteiger partial charge in [0.1, 0.15) is 0 Å². The number of rotatable bonds is 3. The third-order valence-corrected chi connectivity index (χ3v) is 8.12. The van der Waals surface area contributed by atoms with Gasteiger partial charge in [0.2, 0.25) is 0 Å². The third-order valence-electron chi connectivity index (χ3n) is 8.12. The number of fused-ring (bicyclic) bond motifs is 2. The Morgan fingerprint density at radius 2 is 1.20 bits per heavy atom. The summed E-state index contributed by atoms with van der Waals surface area (Å²) in [7, 11) is 0. The molecular weight excluding hydrogens is 671 g/mol. The molecule has 0 aromatic heterocycles. The summed E-state index contributed by atoms with van der Waals surface area (Å²) in [5.41, 5.74) is 13.7. The Kier molecular flexibility index (Phi) is 17.7. The molecule has 0 saturated carbocycles. The van der Waals surface area contributed by atoms with Crippen LogP contribution < -0.4 is 0 Å². The van der Waals surface area contributed by atoms with Crippen LogP contribution in [0.5, 0.6) is 0 Å². The van der Waals surface area contributed by atoms with Crippen molar-refractivity contribution in [2.75, 3.05) is 0 Å². The Balaban J connectivity index is 0.000000735. The molecule has 0 aliphatic carbocycles. The molecule has 0 unspecified atom stereocenters. The van der Waals surface area contributed by atoms with Crippen LogP contribution in [0.2, 0.25) is 0 Å². The van der Waals surface area contributed by atoms with Crippen LogP contribution in [-0.4, -0.2) is 6.88 Å². The molecule has 0 nitrogen and oxygen atoms in total. The van der Waals surface area contributed by atoms with E-state index < -0.39 is 0 Å². The van der Waals surface area contributed by atoms with E-state index in [9.17, 15) is 0 Å². The van der Waals surface area contributed by atoms with Crippen molar-refractivity contribution in [3.63, 3.8) is 0 Å². The third kappa shape index (κ3) is 8.95. The van der Waals surface area contributed by atoms with E-state index in [-0.39, 0.29) is 39.7 Å². The normalized spacial score (nSPS) is 9.80. The second-order valence-electron chi connectivity index (χ2n) is 11.1. The van der Waals surface area contributed by atoms with E-state index in [4.69, 9.17) is 0 Å². The van der Waals surface area contributed by atoms with Gasteiger partial charge < -0.3 is 14.9 Å². The first-order chi connectivity index (χ1) is 19.2. The number of benzene rings is 4. The minimum atomic E-state index is 0. The van der Waals surface area contributed by atoms with E-state index >= 15 is 0 Å². The van der Waals surface area contributed by atoms with Crippen LogP contribution in [0, 0.1) is 49.5 Å². The van der Waals surface area contributed by atoms with Crippen LogP contribution in [0.3, 0.4) is 0 Å². The van der Waals surface area contributed by atoms with Crippen molar-refractivity contribution in [1.82, 2.24) is 0 Å². The van der Waals surface area contributed by atoms with Crippen molar-refractivity contribution in [3.05, 3.63) is 145 Å². The van der Waals surface area contributed by atoms with Crippen LogP contribution in [0.15, 0.2) is 97.1 Å². The fourth-order valence-electron chi connectivity index (χ4n) is 5.53. The first-order valence-corrected chi connectivity index (χ1v) is 18.2. The van der Waals surface area contributed by atoms with Gasteiger partial charge in [-0.15, -0.1) is 93.4 Å². The SMILES string of the molecule is CC(C)c1cc2c(-c3ccccc3)cccc2[cH-]1.Cc1cc2c(-c3ccc(C)c(C)c3C)ccc(C)c2[cH-]1.Cl.Cl.[CH3-].[CH3-].[Si]=[Zr]. The molecule has 4 heteroatoms. The van der Waals surface area contributed by atoms with Crippen LogP contribution in [0.25, 0.3) is 43.8 Å². The van der Waals surface area contributed by atoms with Gasteiger partial charge in [0, 0.05) is 0 Å². The van der Waals surface area contributed by atoms with Crippen LogP contribution in [-0.2, 0) is 23.3 Å². The van der Waals surface area contributed by atoms with E-state index in [1.807, 2.05) is 0 Å². The Morgan fingerprint density at radius 3 is 1.84 bits per heavy atom. The molecule has 6 aromatic carbocycles. The van der Waals surface area contributed by atoms with Gasteiger partial charge in [-0.25, -0.2) is 0 Å². The van der Waals surface area contributed by atoms with Crippen molar-refractivity contribution in [1.29, 1.82) is 0 Å². The van der Waals surface area contributed by atoms with Crippen molar-refractivity contribution in [3.8, 4) is 22.3 Å². The van der Waals surface area contributed by atoms with Gasteiger partial charge in [-0.3, -0.25) is 0 Å². The van der Waals surface area contributed by atoms with E-state index in [0.29, 0.717) is 5.92 Å². The molecule has 44 heavy (non-hydrogen) atoms. The van der Waals surface area contributed by atoms with Crippen molar-refractivity contribution < 1.29 is 23.3 Å². The van der Waals surface area contributed by atoms with E-state index in [2.05, 4.69) is 152 Å². The fourth-order valence-corrected chi connectivity index (χ4v) is 5.53. The Bertz CT molecular complexity index is 1760. The summed E-state index contributed by atoms with van der Waals surface area (Å²) >= 11 is 1.36. The summed E-state index contributed by atoms with van der Waals surface area (Å²) in [5.74, 6) is 0.584. The topological polar surface area (TPSA) is 0 Å². The number of hydrogen-bond acceptors (Lipinski definition) is 0. The average Bonchev–Trinajstić information content (AvgIpc) is 3.59. The quantitative estimate of drug-likeness (QED) is 0.126. The molecule has 0 aliphatic rings. The summed E-state index contributed by atoms with van der Waals surface area (Å²) in [4.78, 5) is 0. The van der Waals surface area contributed by atoms with Crippen LogP contribution in [0.4, 0.5) is 0 Å². The van der Waals surface area contributed by atoms with Gasteiger partial charge in [-0.2, -0.15) is 12.1 Å². The molecule has 232 valence electrons. The molecule has 0 spiro atoms. The molecule has 2 radical (unpaired) electrons. The molecule has 0 amide bonds. The monoisotopic (exact) mass is 714 g/mol. The summed E-state index contributed by atoms with van der Waals surface area (Å²) < 4.78 is 0. The van der Waals surface area contributed by atoms with E-state index in [1.165, 1.54) is 101 Å². The molecule has 0 fully saturated rings. The molecule has 0 atom stereocenters. The first kappa shape index (κ1) is 41.8. The fraction of sp³-hybridized carbons (Fsp3) is 0.200. The van der Waals surface area contributed by atoms with Crippen molar-refractivity contribution >= 4 is 53.2 Å². The van der Waals surface area contributed by atoms with Gasteiger partial charge in [0.25, 0.3) is 0 Å². The van der Waals surface area contributed by atoms with E-state index in [0.717, 1.165) is 0 Å². The molecular formula is C40H46Cl2SiZr-4. The minimum absolute atomic E-state index is 0. The average molecular weight is 717 g/mol. The Labute approximate surface area is 296 Å². The predicted molar refractivity (Wildman–Crippen MR) is 201 cm³/mol. The van der Waals surface area contributed by atoms with Crippen LogP contribution in [0.1, 0.15) is 53.1 Å². The molecule has 0 N–H and O–H groups in total. The maximum absolute atomic E-state index is 3.06. The summed E-state index contributed by atoms with van der Waals surface area (Å²) in [6, 6.07) is 35.4. The van der Waals surface area contributed by atoms with Gasteiger partial charge in [0.05, 0.1) is 0 Å².